The van der Waals surface area contributed by atoms with Gasteiger partial charge in [0.05, 0.1) is 11.1 Å². The van der Waals surface area contributed by atoms with Crippen LogP contribution in [0.15, 0.2) is 23.3 Å². The molecule has 0 radical (unpaired) electrons. The Morgan fingerprint density at radius 2 is 1.60 bits per heavy atom. The van der Waals surface area contributed by atoms with Gasteiger partial charge < -0.3 is 10.2 Å². The Labute approximate surface area is 83.2 Å². The van der Waals surface area contributed by atoms with Gasteiger partial charge in [-0.05, 0) is 23.7 Å². The third-order valence-electron chi connectivity index (χ3n) is 1.57. The van der Waals surface area contributed by atoms with Crippen molar-refractivity contribution in [2.24, 2.45) is 5.11 Å². The van der Waals surface area contributed by atoms with Crippen LogP contribution in [0.3, 0.4) is 0 Å². The Bertz CT molecular complexity index is 414. The number of hydrogen-bond acceptors (Lipinski definition) is 3. The van der Waals surface area contributed by atoms with Gasteiger partial charge in [-0.1, -0.05) is 5.11 Å². The van der Waals surface area contributed by atoms with Gasteiger partial charge in [0, 0.05) is 10.6 Å². The molecule has 2 N–H and O–H groups in total. The van der Waals surface area contributed by atoms with Crippen LogP contribution in [-0.4, -0.2) is 22.2 Å². The molecule has 1 rings (SSSR count). The number of nitrogens with zero attached hydrogens (tertiary/aromatic N) is 3. The number of azide groups is 1. The average Bonchev–Trinajstić information content (AvgIpc) is 2.17. The lowest BCUT2D eigenvalue weighted by molar-refractivity contribution is 0.0696. The summed E-state index contributed by atoms with van der Waals surface area (Å²) in [5.41, 5.74) is 7.62. The molecule has 0 saturated carbocycles. The van der Waals surface area contributed by atoms with Crippen molar-refractivity contribution in [3.8, 4) is 0 Å². The number of benzene rings is 1. The molecule has 1 aromatic carbocycles. The normalized spacial score (nSPS) is 9.07. The third kappa shape index (κ3) is 2.45. The van der Waals surface area contributed by atoms with Gasteiger partial charge in [0.25, 0.3) is 0 Å². The van der Waals surface area contributed by atoms with Crippen molar-refractivity contribution in [2.75, 3.05) is 0 Å². The summed E-state index contributed by atoms with van der Waals surface area (Å²) in [7, 11) is 0. The first kappa shape index (κ1) is 10.6. The van der Waals surface area contributed by atoms with E-state index in [0.29, 0.717) is 0 Å². The lowest BCUT2D eigenvalue weighted by Gasteiger charge is -1.99. The zero-order chi connectivity index (χ0) is 11.4. The molecule has 76 valence electrons. The smallest absolute Gasteiger partial charge is 0.335 e. The van der Waals surface area contributed by atoms with Crippen LogP contribution in [0.2, 0.25) is 0 Å². The molecule has 0 heterocycles. The number of carboxylic acids is 2. The fraction of sp³-hybridized carbons (Fsp3) is 0. The fourth-order valence-electron chi connectivity index (χ4n) is 0.967. The third-order valence-corrected chi connectivity index (χ3v) is 1.57. The van der Waals surface area contributed by atoms with Crippen LogP contribution in [0.25, 0.3) is 10.4 Å². The number of hydrogen-bond donors (Lipinski definition) is 2. The van der Waals surface area contributed by atoms with Gasteiger partial charge in [-0.3, -0.25) is 0 Å². The molecule has 0 aliphatic heterocycles. The van der Waals surface area contributed by atoms with E-state index in [1.807, 2.05) is 0 Å². The van der Waals surface area contributed by atoms with Crippen molar-refractivity contribution in [2.45, 2.75) is 0 Å². The van der Waals surface area contributed by atoms with Crippen LogP contribution in [0.5, 0.6) is 0 Å². The minimum absolute atomic E-state index is 0.0465. The van der Waals surface area contributed by atoms with Gasteiger partial charge in [-0.25, -0.2) is 9.59 Å². The summed E-state index contributed by atoms with van der Waals surface area (Å²) in [6.45, 7) is 0. The van der Waals surface area contributed by atoms with Gasteiger partial charge in [0.15, 0.2) is 0 Å². The molecule has 0 saturated heterocycles. The maximum absolute atomic E-state index is 10.6. The highest BCUT2D eigenvalue weighted by molar-refractivity contribution is 5.95. The highest BCUT2D eigenvalue weighted by atomic mass is 16.4. The highest BCUT2D eigenvalue weighted by Gasteiger charge is 2.10. The summed E-state index contributed by atoms with van der Waals surface area (Å²) in [6, 6.07) is 3.17. The van der Waals surface area contributed by atoms with E-state index in [4.69, 9.17) is 15.7 Å². The van der Waals surface area contributed by atoms with Crippen LogP contribution in [-0.2, 0) is 0 Å². The summed E-state index contributed by atoms with van der Waals surface area (Å²) in [5, 5.41) is 20.5. The number of carbonyl (C=O) groups is 2. The molecule has 0 bridgehead atoms. The van der Waals surface area contributed by atoms with Crippen LogP contribution in [0.4, 0.5) is 5.69 Å². The second kappa shape index (κ2) is 4.12. The second-order valence-corrected chi connectivity index (χ2v) is 2.57. The van der Waals surface area contributed by atoms with Gasteiger partial charge in [0.1, 0.15) is 0 Å². The molecule has 0 spiro atoms. The van der Waals surface area contributed by atoms with Crippen molar-refractivity contribution in [3.05, 3.63) is 39.8 Å². The summed E-state index contributed by atoms with van der Waals surface area (Å²) in [4.78, 5) is 23.7. The first-order chi connectivity index (χ1) is 7.04. The zero-order valence-corrected chi connectivity index (χ0v) is 7.28. The zero-order valence-electron chi connectivity index (χ0n) is 7.28. The Hall–Kier alpha value is -2.53. The Balaban J connectivity index is 3.38. The number of carboxylic acid groups (broad SMARTS) is 2. The van der Waals surface area contributed by atoms with Crippen molar-refractivity contribution in [1.82, 2.24) is 0 Å². The van der Waals surface area contributed by atoms with Crippen molar-refractivity contribution in [3.63, 3.8) is 0 Å². The predicted molar refractivity (Wildman–Crippen MR) is 49.2 cm³/mol. The topological polar surface area (TPSA) is 123 Å². The van der Waals surface area contributed by atoms with E-state index in [1.54, 1.807) is 0 Å². The summed E-state index contributed by atoms with van der Waals surface area (Å²) in [5.74, 6) is -2.57. The molecule has 1 aromatic rings. The predicted octanol–water partition coefficient (Wildman–Crippen LogP) is 2.02. The molecule has 7 heteroatoms. The number of aromatic carboxylic acids is 2. The summed E-state index contributed by atoms with van der Waals surface area (Å²) < 4.78 is 0. The lowest BCUT2D eigenvalue weighted by Crippen LogP contribution is -2.01. The molecule has 0 atom stereocenters. The first-order valence-electron chi connectivity index (χ1n) is 3.71. The van der Waals surface area contributed by atoms with Crippen molar-refractivity contribution >= 4 is 17.6 Å². The average molecular weight is 207 g/mol. The molecule has 0 fully saturated rings. The molecule has 0 aliphatic carbocycles. The minimum Gasteiger partial charge on any atom is -0.478 e. The summed E-state index contributed by atoms with van der Waals surface area (Å²) in [6.07, 6.45) is 0. The Morgan fingerprint density at radius 3 is 1.93 bits per heavy atom. The van der Waals surface area contributed by atoms with E-state index in [1.165, 1.54) is 0 Å². The Morgan fingerprint density at radius 1 is 1.13 bits per heavy atom. The molecule has 15 heavy (non-hydrogen) atoms. The highest BCUT2D eigenvalue weighted by Crippen LogP contribution is 2.18. The van der Waals surface area contributed by atoms with Gasteiger partial charge in [-0.15, -0.1) is 0 Å². The van der Waals surface area contributed by atoms with Crippen LogP contribution in [0.1, 0.15) is 20.7 Å². The van der Waals surface area contributed by atoms with Crippen LogP contribution in [0, 0.1) is 0 Å². The standard InChI is InChI=1S/C8H5N3O4/c9-11-10-6-2-4(7(12)13)1-5(3-6)8(14)15/h1-3H,(H,12,13)(H,14,15). The molecular weight excluding hydrogens is 202 g/mol. The van der Waals surface area contributed by atoms with E-state index in [0.717, 1.165) is 18.2 Å². The minimum atomic E-state index is -1.28. The van der Waals surface area contributed by atoms with Crippen LogP contribution < -0.4 is 0 Å². The maximum Gasteiger partial charge on any atom is 0.335 e. The summed E-state index contributed by atoms with van der Waals surface area (Å²) >= 11 is 0. The second-order valence-electron chi connectivity index (χ2n) is 2.57. The van der Waals surface area contributed by atoms with E-state index in [9.17, 15) is 9.59 Å². The van der Waals surface area contributed by atoms with Crippen molar-refractivity contribution < 1.29 is 19.8 Å². The molecule has 0 unspecified atom stereocenters. The van der Waals surface area contributed by atoms with E-state index >= 15 is 0 Å². The van der Waals surface area contributed by atoms with E-state index < -0.39 is 11.9 Å². The SMILES string of the molecule is [N-]=[N+]=Nc1cc(C(=O)O)cc(C(=O)O)c1. The van der Waals surface area contributed by atoms with E-state index in [2.05, 4.69) is 10.0 Å². The van der Waals surface area contributed by atoms with Crippen molar-refractivity contribution in [1.29, 1.82) is 0 Å². The first-order valence-corrected chi connectivity index (χ1v) is 3.71. The lowest BCUT2D eigenvalue weighted by atomic mass is 10.1. The molecule has 0 aliphatic rings. The maximum atomic E-state index is 10.6. The monoisotopic (exact) mass is 207 g/mol. The van der Waals surface area contributed by atoms with E-state index in [-0.39, 0.29) is 16.8 Å². The van der Waals surface area contributed by atoms with Gasteiger partial charge in [-0.2, -0.15) is 0 Å². The fourth-order valence-corrected chi connectivity index (χ4v) is 0.967. The molecular formula is C8H5N3O4. The van der Waals surface area contributed by atoms with Gasteiger partial charge >= 0.3 is 11.9 Å². The quantitative estimate of drug-likeness (QED) is 0.446. The number of rotatable bonds is 3. The molecule has 0 aromatic heterocycles. The van der Waals surface area contributed by atoms with Crippen LogP contribution >= 0.6 is 0 Å². The molecule has 0 amide bonds. The van der Waals surface area contributed by atoms with Gasteiger partial charge in [0.2, 0.25) is 0 Å². The molecule has 7 nitrogen and oxygen atoms in total. The Kier molecular flexibility index (Phi) is 2.90. The largest absolute Gasteiger partial charge is 0.478 e.